The van der Waals surface area contributed by atoms with Crippen LogP contribution in [-0.2, 0) is 4.79 Å². The molecule has 0 spiro atoms. The van der Waals surface area contributed by atoms with Crippen molar-refractivity contribution in [3.05, 3.63) is 29.3 Å². The molecule has 2 nitrogen and oxygen atoms in total. The lowest BCUT2D eigenvalue weighted by Crippen LogP contribution is -2.29. The first-order chi connectivity index (χ1) is 7.08. The summed E-state index contributed by atoms with van der Waals surface area (Å²) in [6, 6.07) is 6.24. The number of anilines is 1. The molecule has 0 aliphatic rings. The number of benzene rings is 1. The molecule has 0 radical (unpaired) electrons. The first-order valence-electron chi connectivity index (χ1n) is 5.47. The van der Waals surface area contributed by atoms with Crippen LogP contribution in [0.2, 0.25) is 0 Å². The molecule has 1 aromatic carbocycles. The van der Waals surface area contributed by atoms with Crippen molar-refractivity contribution in [1.82, 2.24) is 0 Å². The fraction of sp³-hybridized carbons (Fsp3) is 0.462. The van der Waals surface area contributed by atoms with E-state index >= 15 is 0 Å². The SMILES string of the molecule is CCC(=O)N(CC)c1cc(C)cc(C)c1. The Labute approximate surface area is 91.9 Å². The van der Waals surface area contributed by atoms with Gasteiger partial charge in [-0.05, 0) is 44.0 Å². The molecule has 1 aromatic rings. The van der Waals surface area contributed by atoms with Crippen LogP contribution in [0.15, 0.2) is 18.2 Å². The van der Waals surface area contributed by atoms with Crippen LogP contribution in [0.3, 0.4) is 0 Å². The molecule has 1 amide bonds. The molecule has 0 N–H and O–H groups in total. The zero-order valence-corrected chi connectivity index (χ0v) is 10.0. The molecule has 0 atom stereocenters. The molecule has 2 heteroatoms. The van der Waals surface area contributed by atoms with Crippen LogP contribution in [0.25, 0.3) is 0 Å². The van der Waals surface area contributed by atoms with Crippen LogP contribution < -0.4 is 4.90 Å². The molecule has 0 aliphatic carbocycles. The second-order valence-corrected chi connectivity index (χ2v) is 3.84. The molecule has 0 fully saturated rings. The molecule has 0 bridgehead atoms. The predicted molar refractivity (Wildman–Crippen MR) is 64.2 cm³/mol. The van der Waals surface area contributed by atoms with Crippen molar-refractivity contribution in [2.45, 2.75) is 34.1 Å². The van der Waals surface area contributed by atoms with Gasteiger partial charge in [-0.25, -0.2) is 0 Å². The Morgan fingerprint density at radius 2 is 1.67 bits per heavy atom. The minimum absolute atomic E-state index is 0.183. The maximum absolute atomic E-state index is 11.7. The Bertz CT molecular complexity index is 337. The maximum Gasteiger partial charge on any atom is 0.226 e. The summed E-state index contributed by atoms with van der Waals surface area (Å²) in [6.07, 6.45) is 0.556. The van der Waals surface area contributed by atoms with Crippen LogP contribution in [-0.4, -0.2) is 12.5 Å². The van der Waals surface area contributed by atoms with Crippen LogP contribution in [0.5, 0.6) is 0 Å². The molecular formula is C13H19NO. The first-order valence-corrected chi connectivity index (χ1v) is 5.47. The van der Waals surface area contributed by atoms with Gasteiger partial charge in [-0.2, -0.15) is 0 Å². The molecule has 0 aromatic heterocycles. The molecular weight excluding hydrogens is 186 g/mol. The molecule has 0 saturated carbocycles. The second kappa shape index (κ2) is 4.96. The molecule has 0 aliphatic heterocycles. The molecule has 15 heavy (non-hydrogen) atoms. The Morgan fingerprint density at radius 3 is 2.07 bits per heavy atom. The summed E-state index contributed by atoms with van der Waals surface area (Å²) in [4.78, 5) is 13.5. The van der Waals surface area contributed by atoms with Crippen molar-refractivity contribution in [1.29, 1.82) is 0 Å². The van der Waals surface area contributed by atoms with Crippen LogP contribution >= 0.6 is 0 Å². The van der Waals surface area contributed by atoms with Gasteiger partial charge in [0.05, 0.1) is 0 Å². The van der Waals surface area contributed by atoms with E-state index in [0.29, 0.717) is 6.42 Å². The highest BCUT2D eigenvalue weighted by Crippen LogP contribution is 2.19. The minimum atomic E-state index is 0.183. The van der Waals surface area contributed by atoms with E-state index < -0.39 is 0 Å². The Kier molecular flexibility index (Phi) is 3.89. The van der Waals surface area contributed by atoms with Gasteiger partial charge in [0.15, 0.2) is 0 Å². The highest BCUT2D eigenvalue weighted by atomic mass is 16.2. The average molecular weight is 205 g/mol. The van der Waals surface area contributed by atoms with E-state index in [-0.39, 0.29) is 5.91 Å². The molecule has 82 valence electrons. The summed E-state index contributed by atoms with van der Waals surface area (Å²) in [6.45, 7) is 8.75. The van der Waals surface area contributed by atoms with Gasteiger partial charge in [0.25, 0.3) is 0 Å². The van der Waals surface area contributed by atoms with E-state index in [1.54, 1.807) is 0 Å². The van der Waals surface area contributed by atoms with Crippen LogP contribution in [0, 0.1) is 13.8 Å². The number of carbonyl (C=O) groups is 1. The zero-order chi connectivity index (χ0) is 11.4. The van der Waals surface area contributed by atoms with E-state index in [9.17, 15) is 4.79 Å². The largest absolute Gasteiger partial charge is 0.313 e. The number of nitrogens with zero attached hydrogens (tertiary/aromatic N) is 1. The molecule has 0 saturated heterocycles. The zero-order valence-electron chi connectivity index (χ0n) is 10.0. The predicted octanol–water partition coefficient (Wildman–Crippen LogP) is 3.07. The maximum atomic E-state index is 11.7. The van der Waals surface area contributed by atoms with E-state index in [0.717, 1.165) is 12.2 Å². The molecule has 0 unspecified atom stereocenters. The number of aryl methyl sites for hydroxylation is 2. The van der Waals surface area contributed by atoms with Crippen LogP contribution in [0.1, 0.15) is 31.4 Å². The summed E-state index contributed by atoms with van der Waals surface area (Å²) in [5.41, 5.74) is 3.42. The summed E-state index contributed by atoms with van der Waals surface area (Å²) in [7, 11) is 0. The minimum Gasteiger partial charge on any atom is -0.313 e. The Hall–Kier alpha value is -1.31. The van der Waals surface area contributed by atoms with Crippen molar-refractivity contribution in [2.24, 2.45) is 0 Å². The summed E-state index contributed by atoms with van der Waals surface area (Å²) < 4.78 is 0. The third kappa shape index (κ3) is 2.82. The van der Waals surface area contributed by atoms with Crippen molar-refractivity contribution in [3.63, 3.8) is 0 Å². The van der Waals surface area contributed by atoms with E-state index in [1.807, 2.05) is 18.7 Å². The van der Waals surface area contributed by atoms with E-state index in [4.69, 9.17) is 0 Å². The first kappa shape index (κ1) is 11.8. The monoisotopic (exact) mass is 205 g/mol. The van der Waals surface area contributed by atoms with E-state index in [1.165, 1.54) is 11.1 Å². The van der Waals surface area contributed by atoms with Crippen molar-refractivity contribution >= 4 is 11.6 Å². The smallest absolute Gasteiger partial charge is 0.226 e. The van der Waals surface area contributed by atoms with Gasteiger partial charge in [0, 0.05) is 18.7 Å². The quantitative estimate of drug-likeness (QED) is 0.742. The number of carbonyl (C=O) groups excluding carboxylic acids is 1. The Balaban J connectivity index is 3.06. The van der Waals surface area contributed by atoms with Crippen molar-refractivity contribution in [3.8, 4) is 0 Å². The van der Waals surface area contributed by atoms with Gasteiger partial charge in [0.2, 0.25) is 5.91 Å². The average Bonchev–Trinajstić information content (AvgIpc) is 2.17. The molecule has 0 heterocycles. The van der Waals surface area contributed by atoms with Gasteiger partial charge in [-0.1, -0.05) is 13.0 Å². The normalized spacial score (nSPS) is 10.1. The number of amides is 1. The van der Waals surface area contributed by atoms with E-state index in [2.05, 4.69) is 32.0 Å². The third-order valence-electron chi connectivity index (χ3n) is 2.44. The van der Waals surface area contributed by atoms with Gasteiger partial charge >= 0.3 is 0 Å². The standard InChI is InChI=1S/C13H19NO/c1-5-13(15)14(6-2)12-8-10(3)7-11(4)9-12/h7-9H,5-6H2,1-4H3. The topological polar surface area (TPSA) is 20.3 Å². The summed E-state index contributed by atoms with van der Waals surface area (Å²) in [5.74, 6) is 0.183. The molecule has 1 rings (SSSR count). The van der Waals surface area contributed by atoms with Gasteiger partial charge in [-0.3, -0.25) is 4.79 Å². The lowest BCUT2D eigenvalue weighted by molar-refractivity contribution is -0.118. The van der Waals surface area contributed by atoms with Crippen molar-refractivity contribution in [2.75, 3.05) is 11.4 Å². The summed E-state index contributed by atoms with van der Waals surface area (Å²) >= 11 is 0. The fourth-order valence-electron chi connectivity index (χ4n) is 1.80. The highest BCUT2D eigenvalue weighted by molar-refractivity contribution is 5.93. The second-order valence-electron chi connectivity index (χ2n) is 3.84. The highest BCUT2D eigenvalue weighted by Gasteiger charge is 2.11. The van der Waals surface area contributed by atoms with Crippen LogP contribution in [0.4, 0.5) is 5.69 Å². The van der Waals surface area contributed by atoms with Gasteiger partial charge in [0.1, 0.15) is 0 Å². The van der Waals surface area contributed by atoms with Gasteiger partial charge < -0.3 is 4.90 Å². The third-order valence-corrected chi connectivity index (χ3v) is 2.44. The summed E-state index contributed by atoms with van der Waals surface area (Å²) in [5, 5.41) is 0. The fourth-order valence-corrected chi connectivity index (χ4v) is 1.80. The number of hydrogen-bond donors (Lipinski definition) is 0. The Morgan fingerprint density at radius 1 is 1.13 bits per heavy atom. The lowest BCUT2D eigenvalue weighted by atomic mass is 10.1. The van der Waals surface area contributed by atoms with Gasteiger partial charge in [-0.15, -0.1) is 0 Å². The number of rotatable bonds is 3. The number of hydrogen-bond acceptors (Lipinski definition) is 1. The lowest BCUT2D eigenvalue weighted by Gasteiger charge is -2.21. The van der Waals surface area contributed by atoms with Crippen molar-refractivity contribution < 1.29 is 4.79 Å².